The predicted octanol–water partition coefficient (Wildman–Crippen LogP) is 14.1. The third-order valence-corrected chi connectivity index (χ3v) is 10.8. The number of ether oxygens (including phenoxy) is 2. The molecule has 8 nitrogen and oxygen atoms in total. The molecule has 0 aromatic carbocycles. The largest absolute Gasteiger partial charge is 0.472 e. The van der Waals surface area contributed by atoms with Crippen LogP contribution in [0.2, 0.25) is 0 Å². The SMILES string of the molecule is CC/C=C\C/C=C\C/C=C\C/C=C\C/C=C\CCCCCCCCCCOCC(COP(=O)(O)OCC[N+](C)(C)C)OC(=O)CCCCCCCCCCCCCC. The van der Waals surface area contributed by atoms with E-state index >= 15 is 0 Å². The van der Waals surface area contributed by atoms with Crippen molar-refractivity contribution in [2.75, 3.05) is 54.1 Å². The molecule has 0 bridgehead atoms. The maximum Gasteiger partial charge on any atom is 0.472 e. The smallest absolute Gasteiger partial charge is 0.457 e. The van der Waals surface area contributed by atoms with Gasteiger partial charge < -0.3 is 18.9 Å². The molecule has 0 saturated heterocycles. The molecule has 58 heavy (non-hydrogen) atoms. The number of phosphoric ester groups is 1. The van der Waals surface area contributed by atoms with E-state index in [2.05, 4.69) is 74.6 Å². The number of phosphoric acid groups is 1. The minimum absolute atomic E-state index is 0.0856. The van der Waals surface area contributed by atoms with Gasteiger partial charge in [-0.25, -0.2) is 4.57 Å². The first kappa shape index (κ1) is 56.2. The summed E-state index contributed by atoms with van der Waals surface area (Å²) in [7, 11) is 1.66. The molecule has 0 aliphatic carbocycles. The molecule has 2 atom stereocenters. The van der Waals surface area contributed by atoms with E-state index in [0.29, 0.717) is 24.1 Å². The van der Waals surface area contributed by atoms with Gasteiger partial charge in [0.2, 0.25) is 0 Å². The number of carbonyl (C=O) groups is 1. The Bertz CT molecular complexity index is 1110. The molecule has 0 radical (unpaired) electrons. The van der Waals surface area contributed by atoms with E-state index in [1.165, 1.54) is 96.3 Å². The van der Waals surface area contributed by atoms with Crippen LogP contribution in [0.25, 0.3) is 0 Å². The summed E-state index contributed by atoms with van der Waals surface area (Å²) in [6, 6.07) is 0. The van der Waals surface area contributed by atoms with E-state index in [0.717, 1.165) is 70.6 Å². The summed E-state index contributed by atoms with van der Waals surface area (Å²) >= 11 is 0. The summed E-state index contributed by atoms with van der Waals surface area (Å²) in [5.74, 6) is -0.319. The summed E-state index contributed by atoms with van der Waals surface area (Å²) in [4.78, 5) is 22.9. The molecule has 0 spiro atoms. The maximum absolute atomic E-state index is 12.7. The Morgan fingerprint density at radius 1 is 0.552 bits per heavy atom. The van der Waals surface area contributed by atoms with Crippen LogP contribution in [0.1, 0.15) is 187 Å². The standard InChI is InChI=1S/C49H90NO7P/c1-6-8-10-12-14-16-18-20-21-22-23-24-25-26-27-28-29-30-31-33-35-37-39-41-44-54-46-48(47-56-58(52,53)55-45-43-50(3,4)5)57-49(51)42-40-38-36-34-32-19-17-15-13-11-9-7-2/h8,10,14,16,20-21,23-24,26-27,48H,6-7,9,11-13,15,17-19,22,25,28-47H2,1-5H3/p+1/b10-8-,16-14-,21-20-,24-23-,27-26-. The highest BCUT2D eigenvalue weighted by molar-refractivity contribution is 7.47. The molecule has 0 heterocycles. The van der Waals surface area contributed by atoms with Gasteiger partial charge in [0, 0.05) is 13.0 Å². The minimum Gasteiger partial charge on any atom is -0.457 e. The van der Waals surface area contributed by atoms with Crippen LogP contribution in [0.4, 0.5) is 0 Å². The van der Waals surface area contributed by atoms with Crippen molar-refractivity contribution >= 4 is 13.8 Å². The number of rotatable bonds is 43. The van der Waals surface area contributed by atoms with Crippen LogP contribution in [0.5, 0.6) is 0 Å². The van der Waals surface area contributed by atoms with Crippen LogP contribution in [0.15, 0.2) is 60.8 Å². The minimum atomic E-state index is -4.28. The molecule has 0 aromatic rings. The molecule has 0 saturated carbocycles. The molecule has 0 aliphatic rings. The Hall–Kier alpha value is -1.80. The van der Waals surface area contributed by atoms with E-state index in [1.807, 2.05) is 21.1 Å². The van der Waals surface area contributed by atoms with Crippen molar-refractivity contribution in [1.82, 2.24) is 0 Å². The van der Waals surface area contributed by atoms with Gasteiger partial charge in [-0.2, -0.15) is 0 Å². The number of allylic oxidation sites excluding steroid dienone is 10. The lowest BCUT2D eigenvalue weighted by molar-refractivity contribution is -0.870. The van der Waals surface area contributed by atoms with Gasteiger partial charge in [-0.15, -0.1) is 0 Å². The molecule has 1 N–H and O–H groups in total. The Balaban J connectivity index is 4.15. The van der Waals surface area contributed by atoms with E-state index in [4.69, 9.17) is 18.5 Å². The van der Waals surface area contributed by atoms with Gasteiger partial charge in [0.25, 0.3) is 0 Å². The number of hydrogen-bond donors (Lipinski definition) is 1. The quantitative estimate of drug-likeness (QED) is 0.0215. The number of carbonyl (C=O) groups excluding carboxylic acids is 1. The monoisotopic (exact) mass is 837 g/mol. The fraction of sp³-hybridized carbons (Fsp3) is 0.776. The number of likely N-dealkylation sites (N-methyl/N-ethyl adjacent to an activating group) is 1. The Morgan fingerprint density at radius 3 is 1.50 bits per heavy atom. The van der Waals surface area contributed by atoms with E-state index in [1.54, 1.807) is 0 Å². The summed E-state index contributed by atoms with van der Waals surface area (Å²) in [6.07, 6.45) is 52.6. The Kier molecular flexibility index (Phi) is 40.6. The molecule has 0 aliphatic heterocycles. The topological polar surface area (TPSA) is 91.3 Å². The van der Waals surface area contributed by atoms with Crippen LogP contribution in [-0.2, 0) is 27.9 Å². The highest BCUT2D eigenvalue weighted by Gasteiger charge is 2.26. The fourth-order valence-electron chi connectivity index (χ4n) is 6.23. The van der Waals surface area contributed by atoms with Gasteiger partial charge in [-0.05, 0) is 57.8 Å². The second kappa shape index (κ2) is 41.9. The van der Waals surface area contributed by atoms with Crippen molar-refractivity contribution < 1.29 is 37.3 Å². The zero-order valence-electron chi connectivity index (χ0n) is 38.3. The predicted molar refractivity (Wildman–Crippen MR) is 247 cm³/mol. The summed E-state index contributed by atoms with van der Waals surface area (Å²) in [6.45, 7) is 5.49. The van der Waals surface area contributed by atoms with Gasteiger partial charge in [0.15, 0.2) is 0 Å². The van der Waals surface area contributed by atoms with Gasteiger partial charge in [0.1, 0.15) is 19.3 Å². The second-order valence-corrected chi connectivity index (χ2v) is 18.2. The van der Waals surface area contributed by atoms with Crippen molar-refractivity contribution in [3.05, 3.63) is 60.8 Å². The fourth-order valence-corrected chi connectivity index (χ4v) is 6.97. The number of esters is 1. The normalized spacial score (nSPS) is 14.2. The van der Waals surface area contributed by atoms with Gasteiger partial charge in [-0.1, -0.05) is 184 Å². The van der Waals surface area contributed by atoms with Crippen molar-refractivity contribution in [2.45, 2.75) is 193 Å². The summed E-state index contributed by atoms with van der Waals surface area (Å²) in [5, 5.41) is 0. The van der Waals surface area contributed by atoms with Crippen molar-refractivity contribution in [3.8, 4) is 0 Å². The second-order valence-electron chi connectivity index (χ2n) is 16.8. The third-order valence-electron chi connectivity index (χ3n) is 9.84. The number of unbranched alkanes of at least 4 members (excludes halogenated alkanes) is 19. The van der Waals surface area contributed by atoms with Crippen LogP contribution < -0.4 is 0 Å². The van der Waals surface area contributed by atoms with Crippen LogP contribution in [0, 0.1) is 0 Å². The highest BCUT2D eigenvalue weighted by atomic mass is 31.2. The van der Waals surface area contributed by atoms with Crippen LogP contribution in [0.3, 0.4) is 0 Å². The number of quaternary nitrogens is 1. The van der Waals surface area contributed by atoms with Crippen LogP contribution >= 0.6 is 7.82 Å². The lowest BCUT2D eigenvalue weighted by Gasteiger charge is -2.24. The van der Waals surface area contributed by atoms with Crippen molar-refractivity contribution in [2.24, 2.45) is 0 Å². The summed E-state index contributed by atoms with van der Waals surface area (Å²) in [5.41, 5.74) is 0. The molecule has 9 heteroatoms. The first-order valence-corrected chi connectivity index (χ1v) is 25.0. The molecule has 0 amide bonds. The molecule has 0 rings (SSSR count). The Labute approximate surface area is 358 Å². The average Bonchev–Trinajstić information content (AvgIpc) is 3.18. The first-order chi connectivity index (χ1) is 28.1. The molecule has 0 aromatic heterocycles. The number of hydrogen-bond acceptors (Lipinski definition) is 6. The Morgan fingerprint density at radius 2 is 1.00 bits per heavy atom. The van der Waals surface area contributed by atoms with E-state index < -0.39 is 13.9 Å². The zero-order chi connectivity index (χ0) is 42.7. The van der Waals surface area contributed by atoms with Gasteiger partial charge in [0.05, 0.1) is 34.4 Å². The first-order valence-electron chi connectivity index (χ1n) is 23.5. The molecular formula is C49H91NO7P+. The lowest BCUT2D eigenvalue weighted by atomic mass is 10.0. The molecule has 338 valence electrons. The number of nitrogens with zero attached hydrogens (tertiary/aromatic N) is 1. The van der Waals surface area contributed by atoms with Crippen molar-refractivity contribution in [1.29, 1.82) is 0 Å². The van der Waals surface area contributed by atoms with E-state index in [-0.39, 0.29) is 25.8 Å². The highest BCUT2D eigenvalue weighted by Crippen LogP contribution is 2.43. The van der Waals surface area contributed by atoms with E-state index in [9.17, 15) is 14.3 Å². The molecule has 2 unspecified atom stereocenters. The van der Waals surface area contributed by atoms with Gasteiger partial charge in [-0.3, -0.25) is 13.8 Å². The maximum atomic E-state index is 12.7. The molecular weight excluding hydrogens is 746 g/mol. The lowest BCUT2D eigenvalue weighted by Crippen LogP contribution is -2.37. The van der Waals surface area contributed by atoms with Crippen molar-refractivity contribution in [3.63, 3.8) is 0 Å². The van der Waals surface area contributed by atoms with Crippen LogP contribution in [-0.4, -0.2) is 75.6 Å². The summed E-state index contributed by atoms with van der Waals surface area (Å²) < 4.78 is 35.0. The zero-order valence-corrected chi connectivity index (χ0v) is 39.2. The van der Waals surface area contributed by atoms with Gasteiger partial charge >= 0.3 is 13.8 Å². The average molecular weight is 837 g/mol. The molecule has 0 fully saturated rings. The third kappa shape index (κ3) is 45.3.